The minimum atomic E-state index is -0.227. The summed E-state index contributed by atoms with van der Waals surface area (Å²) < 4.78 is 24.1. The van der Waals surface area contributed by atoms with Crippen LogP contribution in [0.4, 0.5) is 10.1 Å². The Bertz CT molecular complexity index is 784. The first-order valence-corrected chi connectivity index (χ1v) is 8.85. The Morgan fingerprint density at radius 2 is 1.78 bits per heavy atom. The summed E-state index contributed by atoms with van der Waals surface area (Å²) in [5.74, 6) is 0.447. The van der Waals surface area contributed by atoms with Gasteiger partial charge in [0.05, 0.1) is 5.69 Å². The van der Waals surface area contributed by atoms with E-state index in [-0.39, 0.29) is 18.5 Å². The summed E-state index contributed by atoms with van der Waals surface area (Å²) in [6.07, 6.45) is 3.36. The van der Waals surface area contributed by atoms with Crippen molar-refractivity contribution >= 4 is 17.7 Å². The minimum Gasteiger partial charge on any atom is -0.468 e. The lowest BCUT2D eigenvalue weighted by Gasteiger charge is -2.35. The van der Waals surface area contributed by atoms with Crippen LogP contribution in [0.25, 0.3) is 6.08 Å². The highest BCUT2D eigenvalue weighted by molar-refractivity contribution is 5.92. The van der Waals surface area contributed by atoms with Crippen LogP contribution in [-0.2, 0) is 9.53 Å². The predicted molar refractivity (Wildman–Crippen MR) is 103 cm³/mol. The van der Waals surface area contributed by atoms with Gasteiger partial charge in [-0.1, -0.05) is 24.3 Å². The largest absolute Gasteiger partial charge is 0.468 e. The molecule has 0 spiro atoms. The SMILES string of the molecule is COCOc1ccc(/C=C/C(=O)N2CCN(c3ccccc3F)CC2)cc1. The number of piperazine rings is 1. The van der Waals surface area contributed by atoms with Crippen molar-refractivity contribution < 1.29 is 18.7 Å². The number of anilines is 1. The van der Waals surface area contributed by atoms with Crippen LogP contribution in [-0.4, -0.2) is 50.9 Å². The Morgan fingerprint density at radius 3 is 2.44 bits per heavy atom. The molecule has 0 unspecified atom stereocenters. The summed E-state index contributed by atoms with van der Waals surface area (Å²) in [6.45, 7) is 2.58. The molecule has 2 aromatic carbocycles. The van der Waals surface area contributed by atoms with Crippen LogP contribution in [0.5, 0.6) is 5.75 Å². The van der Waals surface area contributed by atoms with E-state index in [0.717, 1.165) is 5.56 Å². The summed E-state index contributed by atoms with van der Waals surface area (Å²) in [6, 6.07) is 14.2. The van der Waals surface area contributed by atoms with E-state index in [2.05, 4.69) is 0 Å². The molecule has 6 heteroatoms. The van der Waals surface area contributed by atoms with Gasteiger partial charge in [-0.25, -0.2) is 4.39 Å². The quantitative estimate of drug-likeness (QED) is 0.579. The summed E-state index contributed by atoms with van der Waals surface area (Å²) in [5.41, 5.74) is 1.51. The second-order valence-corrected chi connectivity index (χ2v) is 6.22. The number of hydrogen-bond acceptors (Lipinski definition) is 4. The minimum absolute atomic E-state index is 0.0390. The van der Waals surface area contributed by atoms with Gasteiger partial charge in [-0.3, -0.25) is 4.79 Å². The van der Waals surface area contributed by atoms with Crippen LogP contribution in [0.15, 0.2) is 54.6 Å². The van der Waals surface area contributed by atoms with Crippen molar-refractivity contribution in [3.63, 3.8) is 0 Å². The number of carbonyl (C=O) groups excluding carboxylic acids is 1. The van der Waals surface area contributed by atoms with E-state index in [1.165, 1.54) is 6.07 Å². The molecule has 1 saturated heterocycles. The van der Waals surface area contributed by atoms with Gasteiger partial charge in [-0.05, 0) is 35.9 Å². The summed E-state index contributed by atoms with van der Waals surface area (Å²) in [7, 11) is 1.57. The zero-order chi connectivity index (χ0) is 19.1. The first kappa shape index (κ1) is 18.9. The smallest absolute Gasteiger partial charge is 0.246 e. The molecule has 142 valence electrons. The maximum atomic E-state index is 13.9. The van der Waals surface area contributed by atoms with Crippen molar-refractivity contribution in [3.8, 4) is 5.75 Å². The number of hydrogen-bond donors (Lipinski definition) is 0. The molecule has 0 N–H and O–H groups in total. The fourth-order valence-electron chi connectivity index (χ4n) is 2.95. The monoisotopic (exact) mass is 370 g/mol. The molecule has 0 aromatic heterocycles. The lowest BCUT2D eigenvalue weighted by atomic mass is 10.2. The van der Waals surface area contributed by atoms with Gasteiger partial charge in [0.15, 0.2) is 6.79 Å². The van der Waals surface area contributed by atoms with E-state index >= 15 is 0 Å². The third kappa shape index (κ3) is 5.08. The van der Waals surface area contributed by atoms with Gasteiger partial charge >= 0.3 is 0 Å². The number of nitrogens with zero attached hydrogens (tertiary/aromatic N) is 2. The molecule has 1 fully saturated rings. The molecular weight excluding hydrogens is 347 g/mol. The zero-order valence-corrected chi connectivity index (χ0v) is 15.3. The van der Waals surface area contributed by atoms with Crippen LogP contribution >= 0.6 is 0 Å². The highest BCUT2D eigenvalue weighted by Crippen LogP contribution is 2.20. The van der Waals surface area contributed by atoms with E-state index in [1.807, 2.05) is 35.2 Å². The van der Waals surface area contributed by atoms with Crippen molar-refractivity contribution in [1.82, 2.24) is 4.90 Å². The van der Waals surface area contributed by atoms with Gasteiger partial charge in [0, 0.05) is 39.4 Å². The van der Waals surface area contributed by atoms with Crippen molar-refractivity contribution in [2.45, 2.75) is 0 Å². The van der Waals surface area contributed by atoms with Gasteiger partial charge in [0.1, 0.15) is 11.6 Å². The number of ether oxygens (including phenoxy) is 2. The number of carbonyl (C=O) groups is 1. The fourth-order valence-corrected chi connectivity index (χ4v) is 2.95. The van der Waals surface area contributed by atoms with E-state index < -0.39 is 0 Å². The summed E-state index contributed by atoms with van der Waals surface area (Å²) in [5, 5.41) is 0. The van der Waals surface area contributed by atoms with E-state index in [9.17, 15) is 9.18 Å². The van der Waals surface area contributed by atoms with Gasteiger partial charge < -0.3 is 19.3 Å². The fraction of sp³-hybridized carbons (Fsp3) is 0.286. The van der Waals surface area contributed by atoms with Gasteiger partial charge in [0.2, 0.25) is 5.91 Å². The van der Waals surface area contributed by atoms with Crippen LogP contribution < -0.4 is 9.64 Å². The number of methoxy groups -OCH3 is 1. The Kier molecular flexibility index (Phi) is 6.44. The van der Waals surface area contributed by atoms with E-state index in [4.69, 9.17) is 9.47 Å². The average Bonchev–Trinajstić information content (AvgIpc) is 2.72. The first-order valence-electron chi connectivity index (χ1n) is 8.85. The molecule has 1 aliphatic rings. The number of amides is 1. The third-order valence-corrected chi connectivity index (χ3v) is 4.43. The van der Waals surface area contributed by atoms with Crippen molar-refractivity contribution in [2.24, 2.45) is 0 Å². The molecule has 2 aromatic rings. The summed E-state index contributed by atoms with van der Waals surface area (Å²) in [4.78, 5) is 16.2. The van der Waals surface area contributed by atoms with Crippen LogP contribution in [0, 0.1) is 5.82 Å². The molecule has 3 rings (SSSR count). The lowest BCUT2D eigenvalue weighted by molar-refractivity contribution is -0.126. The normalized spacial score (nSPS) is 14.6. The zero-order valence-electron chi connectivity index (χ0n) is 15.3. The maximum Gasteiger partial charge on any atom is 0.246 e. The molecule has 0 bridgehead atoms. The van der Waals surface area contributed by atoms with Gasteiger partial charge in [-0.15, -0.1) is 0 Å². The molecule has 27 heavy (non-hydrogen) atoms. The Morgan fingerprint density at radius 1 is 1.07 bits per heavy atom. The second kappa shape index (κ2) is 9.19. The van der Waals surface area contributed by atoms with Crippen LogP contribution in [0.3, 0.4) is 0 Å². The standard InChI is InChI=1S/C21H23FN2O3/c1-26-16-27-18-9-6-17(7-10-18)8-11-21(25)24-14-12-23(13-15-24)20-5-3-2-4-19(20)22/h2-11H,12-16H2,1H3/b11-8+. The molecule has 0 aliphatic carbocycles. The molecule has 0 radical (unpaired) electrons. The highest BCUT2D eigenvalue weighted by Gasteiger charge is 2.21. The molecule has 1 amide bonds. The molecule has 0 atom stereocenters. The van der Waals surface area contributed by atoms with Crippen molar-refractivity contribution in [1.29, 1.82) is 0 Å². The molecule has 5 nitrogen and oxygen atoms in total. The molecule has 0 saturated carbocycles. The van der Waals surface area contributed by atoms with E-state index in [0.29, 0.717) is 37.6 Å². The topological polar surface area (TPSA) is 42.0 Å². The summed E-state index contributed by atoms with van der Waals surface area (Å²) >= 11 is 0. The number of halogens is 1. The number of para-hydroxylation sites is 1. The molecule has 1 aliphatic heterocycles. The predicted octanol–water partition coefficient (Wildman–Crippen LogP) is 3.17. The van der Waals surface area contributed by atoms with Crippen LogP contribution in [0.1, 0.15) is 5.56 Å². The average molecular weight is 370 g/mol. The molecule has 1 heterocycles. The lowest BCUT2D eigenvalue weighted by Crippen LogP contribution is -2.48. The number of benzene rings is 2. The van der Waals surface area contributed by atoms with Gasteiger partial charge in [-0.2, -0.15) is 0 Å². The Balaban J connectivity index is 1.52. The highest BCUT2D eigenvalue weighted by atomic mass is 19.1. The third-order valence-electron chi connectivity index (χ3n) is 4.43. The Hall–Kier alpha value is -2.86. The first-order chi connectivity index (χ1) is 13.2. The maximum absolute atomic E-state index is 13.9. The van der Waals surface area contributed by atoms with E-state index in [1.54, 1.807) is 36.3 Å². The number of rotatable bonds is 6. The molecular formula is C21H23FN2O3. The van der Waals surface area contributed by atoms with Crippen molar-refractivity contribution in [3.05, 3.63) is 66.0 Å². The van der Waals surface area contributed by atoms with Gasteiger partial charge in [0.25, 0.3) is 0 Å². The Labute approximate surface area is 158 Å². The van der Waals surface area contributed by atoms with Crippen molar-refractivity contribution in [2.75, 3.05) is 45.0 Å². The second-order valence-electron chi connectivity index (χ2n) is 6.22. The van der Waals surface area contributed by atoms with Crippen LogP contribution in [0.2, 0.25) is 0 Å².